The van der Waals surface area contributed by atoms with Crippen LogP contribution >= 0.6 is 34.0 Å². The second-order valence-electron chi connectivity index (χ2n) is 10.7. The predicted octanol–water partition coefficient (Wildman–Crippen LogP) is 9.41. The van der Waals surface area contributed by atoms with Crippen molar-refractivity contribution < 1.29 is 16.5 Å². The van der Waals surface area contributed by atoms with Crippen LogP contribution < -0.4 is 12.6 Å². The fraction of sp³-hybridized carbons (Fsp3) is 0. The molecule has 46 heavy (non-hydrogen) atoms. The summed E-state index contributed by atoms with van der Waals surface area (Å²) in [6, 6.07) is 38.9. The van der Waals surface area contributed by atoms with Gasteiger partial charge in [0, 0.05) is 0 Å². The molecular formula is C39H24IrN3S3. The van der Waals surface area contributed by atoms with E-state index in [-0.39, 0.29) is 0 Å². The monoisotopic (exact) mass is 823 g/mol. The van der Waals surface area contributed by atoms with Crippen LogP contribution in [0.2, 0.25) is 0 Å². The third-order valence-electron chi connectivity index (χ3n) is 7.96. The quantitative estimate of drug-likeness (QED) is 0.168. The Bertz CT molecular complexity index is 2250. The van der Waals surface area contributed by atoms with Gasteiger partial charge in [0.2, 0.25) is 0 Å². The Kier molecular flexibility index (Phi) is 7.14. The molecule has 0 radical (unpaired) electrons. The second-order valence-corrected chi connectivity index (χ2v) is 18.5. The first-order chi connectivity index (χ1) is 22.8. The second kappa shape index (κ2) is 11.8. The molecule has 7 heteroatoms. The number of aromatic nitrogens is 3. The Balaban J connectivity index is 1.35. The van der Waals surface area contributed by atoms with Gasteiger partial charge in [0.15, 0.2) is 0 Å². The minimum absolute atomic E-state index is 1.12. The molecule has 3 aromatic carbocycles. The van der Waals surface area contributed by atoms with Crippen molar-refractivity contribution in [2.75, 3.05) is 0 Å². The van der Waals surface area contributed by atoms with Crippen molar-refractivity contribution in [1.82, 2.24) is 15.0 Å². The zero-order valence-corrected chi connectivity index (χ0v) is 29.1. The number of nitrogens with zero attached hydrogens (tertiary/aromatic N) is 3. The maximum absolute atomic E-state index is 5.27. The first-order valence-electron chi connectivity index (χ1n) is 14.7. The Morgan fingerprint density at radius 2 is 0.696 bits per heavy atom. The molecule has 0 spiro atoms. The van der Waals surface area contributed by atoms with Gasteiger partial charge in [-0.05, 0) is 0 Å². The van der Waals surface area contributed by atoms with E-state index in [1.165, 1.54) is 63.6 Å². The van der Waals surface area contributed by atoms with E-state index < -0.39 is 16.5 Å². The number of hydrogen-bond acceptors (Lipinski definition) is 6. The topological polar surface area (TPSA) is 38.7 Å². The molecule has 9 aromatic rings. The van der Waals surface area contributed by atoms with Gasteiger partial charge in [-0.15, -0.1) is 0 Å². The molecule has 6 aromatic heterocycles. The van der Waals surface area contributed by atoms with Crippen molar-refractivity contribution in [1.29, 1.82) is 0 Å². The molecule has 0 atom stereocenters. The summed E-state index contributed by atoms with van der Waals surface area (Å²) in [4.78, 5) is 19.6. The van der Waals surface area contributed by atoms with Crippen LogP contribution in [0.3, 0.4) is 0 Å². The van der Waals surface area contributed by atoms with Crippen LogP contribution in [0, 0.1) is 0 Å². The Morgan fingerprint density at radius 1 is 0.370 bits per heavy atom. The van der Waals surface area contributed by atoms with Gasteiger partial charge in [-0.3, -0.25) is 0 Å². The summed E-state index contributed by atoms with van der Waals surface area (Å²) in [6.45, 7) is 0. The van der Waals surface area contributed by atoms with Gasteiger partial charge >= 0.3 is 286 Å². The average Bonchev–Trinajstić information content (AvgIpc) is 3.86. The van der Waals surface area contributed by atoms with Gasteiger partial charge in [0.05, 0.1) is 0 Å². The van der Waals surface area contributed by atoms with Crippen molar-refractivity contribution in [3.05, 3.63) is 144 Å². The van der Waals surface area contributed by atoms with E-state index in [1.807, 2.05) is 18.6 Å². The Morgan fingerprint density at radius 3 is 1.04 bits per heavy atom. The van der Waals surface area contributed by atoms with Crippen LogP contribution in [0.4, 0.5) is 0 Å². The first kappa shape index (κ1) is 27.9. The van der Waals surface area contributed by atoms with Gasteiger partial charge < -0.3 is 0 Å². The Labute approximate surface area is 283 Å². The van der Waals surface area contributed by atoms with Crippen LogP contribution in [0.5, 0.6) is 0 Å². The molecule has 0 saturated heterocycles. The van der Waals surface area contributed by atoms with Crippen molar-refractivity contribution in [2.24, 2.45) is 0 Å². The molecule has 0 aliphatic rings. The van der Waals surface area contributed by atoms with Crippen LogP contribution in [-0.2, 0) is 16.5 Å². The summed E-state index contributed by atoms with van der Waals surface area (Å²) in [5, 5.41) is 14.3. The molecule has 0 fully saturated rings. The molecule has 0 aliphatic carbocycles. The van der Waals surface area contributed by atoms with Crippen molar-refractivity contribution >= 4 is 79.0 Å². The molecular weight excluding hydrogens is 799 g/mol. The zero-order chi connectivity index (χ0) is 30.5. The van der Waals surface area contributed by atoms with Crippen LogP contribution in [0.15, 0.2) is 144 Å². The van der Waals surface area contributed by atoms with Crippen molar-refractivity contribution in [3.63, 3.8) is 0 Å². The maximum atomic E-state index is 5.27. The fourth-order valence-electron chi connectivity index (χ4n) is 5.86. The normalized spacial score (nSPS) is 11.9. The van der Waals surface area contributed by atoms with E-state index >= 15 is 0 Å². The average molecular weight is 823 g/mol. The summed E-state index contributed by atoms with van der Waals surface area (Å²) in [5.74, 6) is 0. The molecule has 0 bridgehead atoms. The van der Waals surface area contributed by atoms with Crippen molar-refractivity contribution in [3.8, 4) is 31.3 Å². The molecule has 6 heterocycles. The summed E-state index contributed by atoms with van der Waals surface area (Å²) in [6.07, 6.45) is 5.86. The summed E-state index contributed by atoms with van der Waals surface area (Å²) >= 11 is 2.55. The molecule has 0 N–H and O–H groups in total. The van der Waals surface area contributed by atoms with E-state index in [0.717, 1.165) is 12.6 Å². The molecule has 0 saturated carbocycles. The first-order valence-corrected chi connectivity index (χ1v) is 21.0. The molecule has 0 unspecified atom stereocenters. The minimum atomic E-state index is -2.83. The van der Waals surface area contributed by atoms with Gasteiger partial charge in [-0.1, -0.05) is 0 Å². The van der Waals surface area contributed by atoms with Crippen molar-refractivity contribution in [2.45, 2.75) is 0 Å². The SMILES string of the molecule is c1cn[c]([Ir]([c]2ncccc2-c2scc3ccccc23)[c]2ncccc2-c2scc3ccccc23)c(-c2scc3ccccc23)c1. The van der Waals surface area contributed by atoms with Crippen LogP contribution in [0.25, 0.3) is 63.6 Å². The zero-order valence-electron chi connectivity index (χ0n) is 24.3. The number of benzene rings is 3. The standard InChI is InChI=1S/3C13H8NS.Ir/c3*1-2-6-12-11(4-1)9-15-13(12)10-5-3-7-14-8-10;/h3*1-7,9H;. The number of hydrogen-bond donors (Lipinski definition) is 0. The van der Waals surface area contributed by atoms with E-state index in [9.17, 15) is 0 Å². The number of rotatable bonds is 6. The van der Waals surface area contributed by atoms with Gasteiger partial charge in [-0.2, -0.15) is 0 Å². The summed E-state index contributed by atoms with van der Waals surface area (Å²) < 4.78 is 3.37. The Hall–Kier alpha value is -4.36. The summed E-state index contributed by atoms with van der Waals surface area (Å²) in [5.41, 5.74) is 3.55. The third kappa shape index (κ3) is 4.66. The fourth-order valence-corrected chi connectivity index (χ4v) is 16.1. The van der Waals surface area contributed by atoms with Crippen LogP contribution in [0.1, 0.15) is 0 Å². The molecule has 222 valence electrons. The number of fused-ring (bicyclic) bond motifs is 3. The summed E-state index contributed by atoms with van der Waals surface area (Å²) in [7, 11) is 0. The molecule has 9 rings (SSSR count). The van der Waals surface area contributed by atoms with E-state index in [4.69, 9.17) is 15.0 Å². The van der Waals surface area contributed by atoms with Gasteiger partial charge in [0.1, 0.15) is 0 Å². The number of thiophene rings is 3. The van der Waals surface area contributed by atoms with E-state index in [1.54, 1.807) is 34.0 Å². The molecule has 3 nitrogen and oxygen atoms in total. The molecule has 0 aliphatic heterocycles. The third-order valence-corrected chi connectivity index (χ3v) is 17.4. The van der Waals surface area contributed by atoms with E-state index in [0.29, 0.717) is 0 Å². The van der Waals surface area contributed by atoms with Gasteiger partial charge in [0.25, 0.3) is 0 Å². The van der Waals surface area contributed by atoms with Crippen LogP contribution in [-0.4, -0.2) is 15.0 Å². The molecule has 0 amide bonds. The van der Waals surface area contributed by atoms with Gasteiger partial charge in [-0.25, -0.2) is 0 Å². The predicted molar refractivity (Wildman–Crippen MR) is 194 cm³/mol. The van der Waals surface area contributed by atoms with E-state index in [2.05, 4.69) is 125 Å². The number of pyridine rings is 3.